The molecule has 1 aromatic carbocycles. The molecular formula is C13H14N2O2. The van der Waals surface area contributed by atoms with Gasteiger partial charge < -0.3 is 9.84 Å². The Labute approximate surface area is 99.9 Å². The zero-order valence-corrected chi connectivity index (χ0v) is 9.63. The number of aromatic nitrogens is 2. The highest BCUT2D eigenvalue weighted by molar-refractivity contribution is 5.35. The summed E-state index contributed by atoms with van der Waals surface area (Å²) >= 11 is 0. The first kappa shape index (κ1) is 11.5. The molecule has 17 heavy (non-hydrogen) atoms. The summed E-state index contributed by atoms with van der Waals surface area (Å²) in [6.07, 6.45) is 0.901. The second kappa shape index (κ2) is 5.41. The maximum absolute atomic E-state index is 8.86. The van der Waals surface area contributed by atoms with Crippen molar-refractivity contribution in [1.82, 2.24) is 10.2 Å². The van der Waals surface area contributed by atoms with Crippen LogP contribution in [0.15, 0.2) is 36.4 Å². The molecule has 0 fully saturated rings. The lowest BCUT2D eigenvalue weighted by atomic mass is 10.1. The Morgan fingerprint density at radius 2 is 1.94 bits per heavy atom. The Bertz CT molecular complexity index is 483. The number of ether oxygens (including phenoxy) is 1. The first-order valence-corrected chi connectivity index (χ1v) is 5.52. The molecule has 88 valence electrons. The number of aliphatic hydroxyl groups excluding tert-OH is 1. The third-order valence-electron chi connectivity index (χ3n) is 2.43. The van der Waals surface area contributed by atoms with Crippen molar-refractivity contribution in [1.29, 1.82) is 0 Å². The number of hydrogen-bond acceptors (Lipinski definition) is 4. The highest BCUT2D eigenvalue weighted by Gasteiger charge is 2.04. The lowest BCUT2D eigenvalue weighted by Crippen LogP contribution is -1.96. The fourth-order valence-electron chi connectivity index (χ4n) is 1.49. The summed E-state index contributed by atoms with van der Waals surface area (Å²) in [5.41, 5.74) is 1.65. The Kier molecular flexibility index (Phi) is 3.67. The molecule has 0 aliphatic carbocycles. The van der Waals surface area contributed by atoms with E-state index in [0.717, 1.165) is 17.7 Å². The van der Waals surface area contributed by atoms with Crippen LogP contribution >= 0.6 is 0 Å². The fraction of sp³-hybridized carbons (Fsp3) is 0.231. The molecule has 0 amide bonds. The van der Waals surface area contributed by atoms with Gasteiger partial charge in [0.05, 0.1) is 12.3 Å². The molecule has 0 atom stereocenters. The Morgan fingerprint density at radius 1 is 1.12 bits per heavy atom. The lowest BCUT2D eigenvalue weighted by molar-refractivity contribution is 0.274. The average Bonchev–Trinajstić information content (AvgIpc) is 2.40. The first-order valence-electron chi connectivity index (χ1n) is 5.52. The molecule has 0 spiro atoms. The molecule has 0 aliphatic heterocycles. The smallest absolute Gasteiger partial charge is 0.238 e. The van der Waals surface area contributed by atoms with Crippen LogP contribution in [0.1, 0.15) is 18.2 Å². The van der Waals surface area contributed by atoms with Crippen molar-refractivity contribution in [3.63, 3.8) is 0 Å². The molecule has 4 nitrogen and oxygen atoms in total. The van der Waals surface area contributed by atoms with Gasteiger partial charge in [0.15, 0.2) is 0 Å². The minimum Gasteiger partial charge on any atom is -0.437 e. The Morgan fingerprint density at radius 3 is 2.59 bits per heavy atom. The molecule has 0 unspecified atom stereocenters. The summed E-state index contributed by atoms with van der Waals surface area (Å²) in [7, 11) is 0. The maximum atomic E-state index is 8.86. The largest absolute Gasteiger partial charge is 0.437 e. The summed E-state index contributed by atoms with van der Waals surface area (Å²) in [6.45, 7) is 1.96. The molecular weight excluding hydrogens is 216 g/mol. The number of nitrogens with zero attached hydrogens (tertiary/aromatic N) is 2. The molecule has 2 rings (SSSR count). The summed E-state index contributed by atoms with van der Waals surface area (Å²) in [4.78, 5) is 0. The predicted octanol–water partition coefficient (Wildman–Crippen LogP) is 2.32. The monoisotopic (exact) mass is 230 g/mol. The van der Waals surface area contributed by atoms with E-state index in [4.69, 9.17) is 9.84 Å². The Hall–Kier alpha value is -1.94. The normalized spacial score (nSPS) is 10.2. The van der Waals surface area contributed by atoms with Crippen molar-refractivity contribution in [3.05, 3.63) is 47.7 Å². The van der Waals surface area contributed by atoms with Gasteiger partial charge in [0.1, 0.15) is 5.75 Å². The van der Waals surface area contributed by atoms with Crippen LogP contribution in [0.5, 0.6) is 11.6 Å². The van der Waals surface area contributed by atoms with Crippen molar-refractivity contribution in [2.75, 3.05) is 0 Å². The van der Waals surface area contributed by atoms with Crippen molar-refractivity contribution in [2.45, 2.75) is 20.0 Å². The van der Waals surface area contributed by atoms with Gasteiger partial charge in [0, 0.05) is 6.07 Å². The predicted molar refractivity (Wildman–Crippen MR) is 63.8 cm³/mol. The highest BCUT2D eigenvalue weighted by Crippen LogP contribution is 2.23. The zero-order chi connectivity index (χ0) is 12.1. The second-order valence-corrected chi connectivity index (χ2v) is 3.58. The molecule has 0 bridgehead atoms. The molecule has 0 saturated carbocycles. The third kappa shape index (κ3) is 2.79. The van der Waals surface area contributed by atoms with E-state index in [0.29, 0.717) is 11.6 Å². The van der Waals surface area contributed by atoms with Gasteiger partial charge in [-0.3, -0.25) is 0 Å². The lowest BCUT2D eigenvalue weighted by Gasteiger charge is -2.08. The molecule has 1 heterocycles. The minimum absolute atomic E-state index is 0.112. The summed E-state index contributed by atoms with van der Waals surface area (Å²) in [5, 5.41) is 16.6. The molecule has 0 saturated heterocycles. The van der Waals surface area contributed by atoms with Crippen molar-refractivity contribution in [2.24, 2.45) is 0 Å². The van der Waals surface area contributed by atoms with E-state index in [2.05, 4.69) is 17.1 Å². The van der Waals surface area contributed by atoms with Gasteiger partial charge in [-0.25, -0.2) is 0 Å². The summed E-state index contributed by atoms with van der Waals surface area (Å²) in [6, 6.07) is 11.2. The average molecular weight is 230 g/mol. The standard InChI is InChI=1S/C13H14N2O2/c1-2-10-5-3-4-6-12(10)17-13-8-7-11(9-16)14-15-13/h3-8,16H,2,9H2,1H3. The van der Waals surface area contributed by atoms with Crippen LogP contribution in [0.25, 0.3) is 0 Å². The van der Waals surface area contributed by atoms with Gasteiger partial charge in [-0.15, -0.1) is 10.2 Å². The highest BCUT2D eigenvalue weighted by atomic mass is 16.5. The zero-order valence-electron chi connectivity index (χ0n) is 9.63. The Balaban J connectivity index is 2.19. The van der Waals surface area contributed by atoms with Gasteiger partial charge in [0.2, 0.25) is 5.88 Å². The van der Waals surface area contributed by atoms with Gasteiger partial charge in [-0.1, -0.05) is 25.1 Å². The van der Waals surface area contributed by atoms with Crippen LogP contribution < -0.4 is 4.74 Å². The molecule has 1 aromatic heterocycles. The van der Waals surface area contributed by atoms with Crippen LogP contribution in [-0.4, -0.2) is 15.3 Å². The van der Waals surface area contributed by atoms with Crippen LogP contribution in [0.4, 0.5) is 0 Å². The van der Waals surface area contributed by atoms with E-state index >= 15 is 0 Å². The quantitative estimate of drug-likeness (QED) is 0.875. The van der Waals surface area contributed by atoms with Gasteiger partial charge in [-0.05, 0) is 24.1 Å². The number of hydrogen-bond donors (Lipinski definition) is 1. The minimum atomic E-state index is -0.112. The van der Waals surface area contributed by atoms with Gasteiger partial charge in [-0.2, -0.15) is 0 Å². The molecule has 4 heteroatoms. The van der Waals surface area contributed by atoms with Crippen LogP contribution in [0, 0.1) is 0 Å². The summed E-state index contributed by atoms with van der Waals surface area (Å²) < 4.78 is 5.64. The molecule has 2 aromatic rings. The van der Waals surface area contributed by atoms with E-state index < -0.39 is 0 Å². The van der Waals surface area contributed by atoms with Crippen LogP contribution in [0.3, 0.4) is 0 Å². The number of para-hydroxylation sites is 1. The second-order valence-electron chi connectivity index (χ2n) is 3.58. The van der Waals surface area contributed by atoms with Gasteiger partial charge >= 0.3 is 0 Å². The number of aryl methyl sites for hydroxylation is 1. The molecule has 0 radical (unpaired) electrons. The van der Waals surface area contributed by atoms with Crippen LogP contribution in [-0.2, 0) is 13.0 Å². The third-order valence-corrected chi connectivity index (χ3v) is 2.43. The van der Waals surface area contributed by atoms with E-state index in [9.17, 15) is 0 Å². The number of aliphatic hydroxyl groups is 1. The van der Waals surface area contributed by atoms with E-state index in [1.54, 1.807) is 12.1 Å². The SMILES string of the molecule is CCc1ccccc1Oc1ccc(CO)nn1. The number of benzene rings is 1. The van der Waals surface area contributed by atoms with E-state index in [1.807, 2.05) is 24.3 Å². The van der Waals surface area contributed by atoms with Crippen molar-refractivity contribution < 1.29 is 9.84 Å². The number of rotatable bonds is 4. The van der Waals surface area contributed by atoms with Crippen molar-refractivity contribution in [3.8, 4) is 11.6 Å². The molecule has 1 N–H and O–H groups in total. The molecule has 0 aliphatic rings. The van der Waals surface area contributed by atoms with E-state index in [-0.39, 0.29) is 6.61 Å². The summed E-state index contributed by atoms with van der Waals surface area (Å²) in [5.74, 6) is 1.23. The maximum Gasteiger partial charge on any atom is 0.238 e. The fourth-order valence-corrected chi connectivity index (χ4v) is 1.49. The topological polar surface area (TPSA) is 55.2 Å². The van der Waals surface area contributed by atoms with Crippen molar-refractivity contribution >= 4 is 0 Å². The van der Waals surface area contributed by atoms with Crippen LogP contribution in [0.2, 0.25) is 0 Å². The van der Waals surface area contributed by atoms with Gasteiger partial charge in [0.25, 0.3) is 0 Å². The van der Waals surface area contributed by atoms with E-state index in [1.165, 1.54) is 0 Å². The first-order chi connectivity index (χ1) is 8.33.